The van der Waals surface area contributed by atoms with Crippen LogP contribution in [0.2, 0.25) is 10.0 Å². The summed E-state index contributed by atoms with van der Waals surface area (Å²) in [6.07, 6.45) is 1.36. The number of hydrogen-bond donors (Lipinski definition) is 0. The van der Waals surface area contributed by atoms with Gasteiger partial charge in [-0.05, 0) is 54.6 Å². The molecule has 0 amide bonds. The predicted octanol–water partition coefficient (Wildman–Crippen LogP) is 4.85. The lowest BCUT2D eigenvalue weighted by molar-refractivity contribution is 0.0474. The molecule has 1 heterocycles. The second-order valence-electron chi connectivity index (χ2n) is 5.52. The molecule has 2 aromatic carbocycles. The Morgan fingerprint density at radius 1 is 0.857 bits per heavy atom. The molecule has 0 spiro atoms. The summed E-state index contributed by atoms with van der Waals surface area (Å²) < 4.78 is 15.1. The van der Waals surface area contributed by atoms with Crippen LogP contribution in [0.3, 0.4) is 0 Å². The zero-order valence-electron chi connectivity index (χ0n) is 14.2. The van der Waals surface area contributed by atoms with Gasteiger partial charge in [0.25, 0.3) is 0 Å². The molecular formula is C20H12Cl2O6. The van der Waals surface area contributed by atoms with Crippen LogP contribution in [0.4, 0.5) is 0 Å². The molecule has 0 N–H and O–H groups in total. The van der Waals surface area contributed by atoms with E-state index in [-0.39, 0.29) is 22.1 Å². The Kier molecular flexibility index (Phi) is 6.13. The van der Waals surface area contributed by atoms with Crippen molar-refractivity contribution in [2.45, 2.75) is 0 Å². The smallest absolute Gasteiger partial charge is 0.379 e. The number of furan rings is 1. The van der Waals surface area contributed by atoms with Crippen molar-refractivity contribution in [2.75, 3.05) is 6.61 Å². The number of hydrogen-bond acceptors (Lipinski definition) is 6. The van der Waals surface area contributed by atoms with Crippen molar-refractivity contribution in [1.29, 1.82) is 0 Å². The van der Waals surface area contributed by atoms with E-state index in [1.54, 1.807) is 6.07 Å². The van der Waals surface area contributed by atoms with E-state index < -0.39 is 24.3 Å². The highest BCUT2D eigenvalue weighted by Crippen LogP contribution is 2.23. The van der Waals surface area contributed by atoms with Gasteiger partial charge >= 0.3 is 11.9 Å². The third-order valence-corrected chi connectivity index (χ3v) is 4.34. The fourth-order valence-electron chi connectivity index (χ4n) is 2.18. The molecule has 0 fully saturated rings. The minimum Gasteiger partial charge on any atom is -0.457 e. The van der Waals surface area contributed by atoms with Gasteiger partial charge in [0.15, 0.2) is 12.4 Å². The number of ketones is 1. The van der Waals surface area contributed by atoms with Crippen LogP contribution in [0.1, 0.15) is 31.3 Å². The van der Waals surface area contributed by atoms with Gasteiger partial charge in [-0.3, -0.25) is 4.79 Å². The van der Waals surface area contributed by atoms with E-state index in [0.29, 0.717) is 10.6 Å². The van der Waals surface area contributed by atoms with Crippen LogP contribution in [-0.4, -0.2) is 24.3 Å². The van der Waals surface area contributed by atoms with Crippen molar-refractivity contribution in [3.05, 3.63) is 87.8 Å². The fourth-order valence-corrected chi connectivity index (χ4v) is 2.48. The zero-order valence-corrected chi connectivity index (χ0v) is 15.7. The maximum atomic E-state index is 12.2. The number of benzene rings is 2. The Morgan fingerprint density at radius 2 is 1.57 bits per heavy atom. The fraction of sp³-hybridized carbons (Fsp3) is 0.0500. The molecule has 0 aliphatic rings. The summed E-state index contributed by atoms with van der Waals surface area (Å²) in [6.45, 7) is -0.454. The zero-order chi connectivity index (χ0) is 20.1. The molecular weight excluding hydrogens is 407 g/mol. The van der Waals surface area contributed by atoms with Gasteiger partial charge in [-0.1, -0.05) is 23.2 Å². The summed E-state index contributed by atoms with van der Waals surface area (Å²) in [4.78, 5) is 36.0. The molecule has 3 aromatic rings. The molecule has 0 aliphatic carbocycles. The van der Waals surface area contributed by atoms with Crippen molar-refractivity contribution >= 4 is 40.9 Å². The highest BCUT2D eigenvalue weighted by Gasteiger charge is 2.15. The van der Waals surface area contributed by atoms with Gasteiger partial charge in [-0.25, -0.2) is 9.59 Å². The lowest BCUT2D eigenvalue weighted by Gasteiger charge is -2.06. The normalized spacial score (nSPS) is 10.4. The Hall–Kier alpha value is -3.09. The average molecular weight is 419 g/mol. The van der Waals surface area contributed by atoms with Crippen molar-refractivity contribution in [3.63, 3.8) is 0 Å². The van der Waals surface area contributed by atoms with Crippen LogP contribution in [0.5, 0.6) is 5.75 Å². The number of rotatable bonds is 6. The molecule has 0 aliphatic heterocycles. The molecule has 0 atom stereocenters. The lowest BCUT2D eigenvalue weighted by Crippen LogP contribution is -2.14. The second-order valence-corrected chi connectivity index (χ2v) is 6.33. The van der Waals surface area contributed by atoms with E-state index in [2.05, 4.69) is 0 Å². The summed E-state index contributed by atoms with van der Waals surface area (Å²) in [6, 6.07) is 13.1. The topological polar surface area (TPSA) is 82.8 Å². The highest BCUT2D eigenvalue weighted by atomic mass is 35.5. The molecule has 0 radical (unpaired) electrons. The summed E-state index contributed by atoms with van der Waals surface area (Å²) in [7, 11) is 0. The summed E-state index contributed by atoms with van der Waals surface area (Å²) in [5.41, 5.74) is 0.474. The SMILES string of the molecule is O=C(COC(=O)c1ccc(Cl)c(Cl)c1)c1ccc(OC(=O)c2ccco2)cc1. The average Bonchev–Trinajstić information content (AvgIpc) is 3.23. The minimum atomic E-state index is -0.698. The van der Waals surface area contributed by atoms with Gasteiger partial charge in [0.2, 0.25) is 5.76 Å². The monoisotopic (exact) mass is 418 g/mol. The van der Waals surface area contributed by atoms with E-state index >= 15 is 0 Å². The Labute approximate surface area is 169 Å². The predicted molar refractivity (Wildman–Crippen MR) is 101 cm³/mol. The van der Waals surface area contributed by atoms with Crippen molar-refractivity contribution in [1.82, 2.24) is 0 Å². The largest absolute Gasteiger partial charge is 0.457 e. The van der Waals surface area contributed by atoms with E-state index in [1.165, 1.54) is 54.8 Å². The molecule has 0 bridgehead atoms. The van der Waals surface area contributed by atoms with Crippen molar-refractivity contribution < 1.29 is 28.3 Å². The maximum Gasteiger partial charge on any atom is 0.379 e. The van der Waals surface area contributed by atoms with Gasteiger partial charge in [0.05, 0.1) is 21.9 Å². The molecule has 6 nitrogen and oxygen atoms in total. The van der Waals surface area contributed by atoms with Gasteiger partial charge in [-0.15, -0.1) is 0 Å². The molecule has 1 aromatic heterocycles. The maximum absolute atomic E-state index is 12.2. The van der Waals surface area contributed by atoms with Crippen LogP contribution in [0, 0.1) is 0 Å². The van der Waals surface area contributed by atoms with Crippen LogP contribution in [0.15, 0.2) is 65.3 Å². The van der Waals surface area contributed by atoms with E-state index in [4.69, 9.17) is 37.1 Å². The number of Topliss-reactive ketones (excluding diaryl/α,β-unsaturated/α-hetero) is 1. The first kappa shape index (κ1) is 19.7. The first-order valence-corrected chi connectivity index (χ1v) is 8.71. The standard InChI is InChI=1S/C20H12Cl2O6/c21-15-8-5-13(10-16(15)22)19(24)27-11-17(23)12-3-6-14(7-4-12)28-20(25)18-2-1-9-26-18/h1-10H,11H2. The van der Waals surface area contributed by atoms with Crippen LogP contribution < -0.4 is 4.74 Å². The van der Waals surface area contributed by atoms with E-state index in [9.17, 15) is 14.4 Å². The van der Waals surface area contributed by atoms with Gasteiger partial charge < -0.3 is 13.9 Å². The molecule has 28 heavy (non-hydrogen) atoms. The Balaban J connectivity index is 1.56. The molecule has 0 saturated heterocycles. The van der Waals surface area contributed by atoms with Gasteiger partial charge in [-0.2, -0.15) is 0 Å². The third kappa shape index (κ3) is 4.79. The minimum absolute atomic E-state index is 0.0642. The van der Waals surface area contributed by atoms with Crippen LogP contribution >= 0.6 is 23.2 Å². The highest BCUT2D eigenvalue weighted by molar-refractivity contribution is 6.42. The van der Waals surface area contributed by atoms with Crippen molar-refractivity contribution in [2.24, 2.45) is 0 Å². The molecule has 0 saturated carbocycles. The Morgan fingerprint density at radius 3 is 2.21 bits per heavy atom. The van der Waals surface area contributed by atoms with Gasteiger partial charge in [0.1, 0.15) is 5.75 Å². The van der Waals surface area contributed by atoms with E-state index in [0.717, 1.165) is 0 Å². The first-order valence-electron chi connectivity index (χ1n) is 7.95. The van der Waals surface area contributed by atoms with Crippen LogP contribution in [-0.2, 0) is 4.74 Å². The third-order valence-electron chi connectivity index (χ3n) is 3.60. The second kappa shape index (κ2) is 8.73. The molecule has 8 heteroatoms. The quantitative estimate of drug-likeness (QED) is 0.323. The van der Waals surface area contributed by atoms with Gasteiger partial charge in [0, 0.05) is 5.56 Å². The molecule has 142 valence electrons. The Bertz CT molecular complexity index is 1010. The summed E-state index contributed by atoms with van der Waals surface area (Å²) in [5, 5.41) is 0.518. The number of esters is 2. The van der Waals surface area contributed by atoms with Crippen molar-refractivity contribution in [3.8, 4) is 5.75 Å². The first-order chi connectivity index (χ1) is 13.4. The molecule has 3 rings (SSSR count). The summed E-state index contributed by atoms with van der Waals surface area (Å²) >= 11 is 11.6. The summed E-state index contributed by atoms with van der Waals surface area (Å²) in [5.74, 6) is -1.46. The number of halogens is 2. The number of ether oxygens (including phenoxy) is 2. The number of carbonyl (C=O) groups excluding carboxylic acids is 3. The van der Waals surface area contributed by atoms with Crippen LogP contribution in [0.25, 0.3) is 0 Å². The molecule has 0 unspecified atom stereocenters. The van der Waals surface area contributed by atoms with E-state index in [1.807, 2.05) is 0 Å². The lowest BCUT2D eigenvalue weighted by atomic mass is 10.1. The number of carbonyl (C=O) groups is 3.